The molecule has 0 saturated carbocycles. The van der Waals surface area contributed by atoms with E-state index in [9.17, 15) is 14.4 Å². The Hall–Kier alpha value is -3.72. The number of carbonyl (C=O) groups excluding carboxylic acids is 3. The number of hydrogen-bond donors (Lipinski definition) is 3. The van der Waals surface area contributed by atoms with Gasteiger partial charge in [0.15, 0.2) is 5.69 Å². The Labute approximate surface area is 215 Å². The first-order valence-electron chi connectivity index (χ1n) is 11.8. The monoisotopic (exact) mass is 507 g/mol. The summed E-state index contributed by atoms with van der Waals surface area (Å²) < 4.78 is 4.00. The first-order valence-corrected chi connectivity index (χ1v) is 12.6. The van der Waals surface area contributed by atoms with Crippen LogP contribution in [-0.2, 0) is 4.79 Å². The van der Waals surface area contributed by atoms with Crippen molar-refractivity contribution in [3.8, 4) is 0 Å². The van der Waals surface area contributed by atoms with Crippen LogP contribution in [0.3, 0.4) is 0 Å². The molecule has 3 aromatic rings. The summed E-state index contributed by atoms with van der Waals surface area (Å²) in [6, 6.07) is 12.2. The molecule has 1 unspecified atom stereocenters. The van der Waals surface area contributed by atoms with Crippen LogP contribution in [0.25, 0.3) is 0 Å². The molecule has 0 spiro atoms. The summed E-state index contributed by atoms with van der Waals surface area (Å²) in [5, 5.41) is 3.00. The Morgan fingerprint density at radius 1 is 1.03 bits per heavy atom. The quantitative estimate of drug-likeness (QED) is 0.397. The third-order valence-corrected chi connectivity index (χ3v) is 6.76. The fourth-order valence-electron chi connectivity index (χ4n) is 3.93. The topological polar surface area (TPSA) is 131 Å². The van der Waals surface area contributed by atoms with Gasteiger partial charge in [0, 0.05) is 12.2 Å². The van der Waals surface area contributed by atoms with E-state index in [1.807, 2.05) is 63.2 Å². The lowest BCUT2D eigenvalue weighted by molar-refractivity contribution is -0.122. The van der Waals surface area contributed by atoms with Gasteiger partial charge in [-0.15, -0.1) is 0 Å². The number of hydrogen-bond acceptors (Lipinski definition) is 6. The highest BCUT2D eigenvalue weighted by molar-refractivity contribution is 7.09. The second-order valence-electron chi connectivity index (χ2n) is 9.39. The van der Waals surface area contributed by atoms with Gasteiger partial charge in [-0.05, 0) is 61.8 Å². The first-order chi connectivity index (χ1) is 17.0. The molecule has 36 heavy (non-hydrogen) atoms. The van der Waals surface area contributed by atoms with E-state index < -0.39 is 17.9 Å². The number of nitrogen functional groups attached to an aromatic ring is 1. The molecule has 9 heteroatoms. The van der Waals surface area contributed by atoms with Crippen LogP contribution >= 0.6 is 11.5 Å². The zero-order valence-electron chi connectivity index (χ0n) is 21.3. The van der Waals surface area contributed by atoms with Crippen molar-refractivity contribution in [2.24, 2.45) is 11.7 Å². The highest BCUT2D eigenvalue weighted by Crippen LogP contribution is 2.35. The SMILES string of the molecule is Cc1ccc(C(C(=O)NCCC(C)C)N(C(=O)c2snc(C(N)=O)c2N)c2ccc(C)cc2C)cc1. The lowest BCUT2D eigenvalue weighted by Crippen LogP contribution is -2.44. The lowest BCUT2D eigenvalue weighted by Gasteiger charge is -2.32. The van der Waals surface area contributed by atoms with Crippen LogP contribution in [0.15, 0.2) is 42.5 Å². The number of primary amides is 1. The van der Waals surface area contributed by atoms with Gasteiger partial charge in [0.05, 0.1) is 5.69 Å². The molecule has 1 aromatic heterocycles. The van der Waals surface area contributed by atoms with E-state index in [1.165, 1.54) is 4.90 Å². The summed E-state index contributed by atoms with van der Waals surface area (Å²) in [4.78, 5) is 41.1. The molecule has 0 fully saturated rings. The third kappa shape index (κ3) is 5.91. The van der Waals surface area contributed by atoms with Gasteiger partial charge in [-0.3, -0.25) is 19.3 Å². The molecule has 0 saturated heterocycles. The van der Waals surface area contributed by atoms with E-state index in [2.05, 4.69) is 23.5 Å². The number of rotatable bonds is 9. The van der Waals surface area contributed by atoms with E-state index in [4.69, 9.17) is 11.5 Å². The van der Waals surface area contributed by atoms with Crippen molar-refractivity contribution in [1.29, 1.82) is 0 Å². The summed E-state index contributed by atoms with van der Waals surface area (Å²) in [5.74, 6) is -1.26. The zero-order chi connectivity index (χ0) is 26.6. The number of nitrogens with one attached hydrogen (secondary N) is 1. The molecule has 3 amide bonds. The molecule has 1 atom stereocenters. The Kier molecular flexibility index (Phi) is 8.47. The maximum absolute atomic E-state index is 14.1. The molecule has 0 aliphatic heterocycles. The smallest absolute Gasteiger partial charge is 0.273 e. The fraction of sp³-hybridized carbons (Fsp3) is 0.333. The van der Waals surface area contributed by atoms with E-state index in [0.717, 1.165) is 34.6 Å². The van der Waals surface area contributed by atoms with Crippen molar-refractivity contribution in [2.75, 3.05) is 17.2 Å². The fourth-order valence-corrected chi connectivity index (χ4v) is 4.67. The minimum atomic E-state index is -0.981. The van der Waals surface area contributed by atoms with Crippen molar-refractivity contribution >= 4 is 40.6 Å². The molecule has 0 radical (unpaired) electrons. The highest BCUT2D eigenvalue weighted by atomic mass is 32.1. The molecule has 190 valence electrons. The van der Waals surface area contributed by atoms with Crippen molar-refractivity contribution in [2.45, 2.75) is 47.1 Å². The van der Waals surface area contributed by atoms with Crippen molar-refractivity contribution < 1.29 is 14.4 Å². The maximum Gasteiger partial charge on any atom is 0.273 e. The molecule has 8 nitrogen and oxygen atoms in total. The minimum absolute atomic E-state index is 0.0517. The summed E-state index contributed by atoms with van der Waals surface area (Å²) in [5.41, 5.74) is 15.3. The Balaban J connectivity index is 2.19. The molecule has 5 N–H and O–H groups in total. The van der Waals surface area contributed by atoms with Gasteiger partial charge in [0.2, 0.25) is 5.91 Å². The predicted octanol–water partition coefficient (Wildman–Crippen LogP) is 4.30. The van der Waals surface area contributed by atoms with Gasteiger partial charge in [-0.2, -0.15) is 4.37 Å². The zero-order valence-corrected chi connectivity index (χ0v) is 22.1. The molecule has 0 aliphatic rings. The number of nitrogens with zero attached hydrogens (tertiary/aromatic N) is 2. The predicted molar refractivity (Wildman–Crippen MR) is 144 cm³/mol. The highest BCUT2D eigenvalue weighted by Gasteiger charge is 2.36. The van der Waals surface area contributed by atoms with E-state index in [0.29, 0.717) is 23.7 Å². The third-order valence-electron chi connectivity index (χ3n) is 5.91. The minimum Gasteiger partial charge on any atom is -0.395 e. The molecular formula is C27H33N5O3S. The summed E-state index contributed by atoms with van der Waals surface area (Å²) in [7, 11) is 0. The van der Waals surface area contributed by atoms with E-state index in [-0.39, 0.29) is 22.2 Å². The molecule has 1 heterocycles. The van der Waals surface area contributed by atoms with Crippen LogP contribution in [0.4, 0.5) is 11.4 Å². The number of aromatic nitrogens is 1. The van der Waals surface area contributed by atoms with Gasteiger partial charge in [-0.1, -0.05) is 61.4 Å². The van der Waals surface area contributed by atoms with Gasteiger partial charge >= 0.3 is 0 Å². The summed E-state index contributed by atoms with van der Waals surface area (Å²) in [6.07, 6.45) is 0.799. The van der Waals surface area contributed by atoms with Crippen LogP contribution in [0.5, 0.6) is 0 Å². The Morgan fingerprint density at radius 3 is 2.22 bits per heavy atom. The van der Waals surface area contributed by atoms with Crippen LogP contribution < -0.4 is 21.7 Å². The van der Waals surface area contributed by atoms with Crippen LogP contribution in [0.2, 0.25) is 0 Å². The van der Waals surface area contributed by atoms with Gasteiger partial charge in [0.25, 0.3) is 11.8 Å². The standard InChI is InChI=1S/C27H33N5O3S/c1-15(2)12-13-30-26(34)23(19-9-6-16(3)7-10-19)32(20-11-8-17(4)14-18(20)5)27(35)24-21(28)22(25(29)33)31-36-24/h6-11,14-15,23H,12-13,28H2,1-5H3,(H2,29,33)(H,30,34). The number of aryl methyl sites for hydroxylation is 3. The van der Waals surface area contributed by atoms with Crippen LogP contribution in [-0.4, -0.2) is 28.6 Å². The molecular weight excluding hydrogens is 474 g/mol. The molecule has 2 aromatic carbocycles. The average Bonchev–Trinajstić information content (AvgIpc) is 3.19. The second kappa shape index (κ2) is 11.3. The number of anilines is 2. The second-order valence-corrected chi connectivity index (χ2v) is 10.2. The van der Waals surface area contributed by atoms with Crippen molar-refractivity contribution in [3.05, 3.63) is 75.3 Å². The van der Waals surface area contributed by atoms with Crippen molar-refractivity contribution in [3.63, 3.8) is 0 Å². The van der Waals surface area contributed by atoms with Gasteiger partial charge < -0.3 is 16.8 Å². The molecule has 0 bridgehead atoms. The van der Waals surface area contributed by atoms with Crippen LogP contribution in [0.1, 0.15) is 68.7 Å². The number of carbonyl (C=O) groups is 3. The molecule has 0 aliphatic carbocycles. The lowest BCUT2D eigenvalue weighted by atomic mass is 9.99. The summed E-state index contributed by atoms with van der Waals surface area (Å²) >= 11 is 0.794. The molecule has 3 rings (SSSR count). The number of nitrogens with two attached hydrogens (primary N) is 2. The first kappa shape index (κ1) is 26.9. The van der Waals surface area contributed by atoms with Gasteiger partial charge in [0.1, 0.15) is 10.9 Å². The number of benzene rings is 2. The van der Waals surface area contributed by atoms with Gasteiger partial charge in [-0.25, -0.2) is 0 Å². The largest absolute Gasteiger partial charge is 0.395 e. The van der Waals surface area contributed by atoms with E-state index in [1.54, 1.807) is 0 Å². The normalized spacial score (nSPS) is 11.8. The summed E-state index contributed by atoms with van der Waals surface area (Å²) in [6.45, 7) is 10.4. The Bertz CT molecular complexity index is 1270. The number of amides is 3. The maximum atomic E-state index is 14.1. The van der Waals surface area contributed by atoms with Crippen LogP contribution in [0, 0.1) is 26.7 Å². The average molecular weight is 508 g/mol. The van der Waals surface area contributed by atoms with E-state index >= 15 is 0 Å². The Morgan fingerprint density at radius 2 is 1.67 bits per heavy atom. The van der Waals surface area contributed by atoms with Crippen molar-refractivity contribution in [1.82, 2.24) is 9.69 Å².